The van der Waals surface area contributed by atoms with E-state index in [-0.39, 0.29) is 25.9 Å². The Morgan fingerprint density at radius 3 is 1.50 bits per heavy atom. The third-order valence-corrected chi connectivity index (χ3v) is 8.11. The molecule has 0 unspecified atom stereocenters. The minimum absolute atomic E-state index is 0.103. The summed E-state index contributed by atoms with van der Waals surface area (Å²) in [6, 6.07) is -2.24. The molecule has 4 atom stereocenters. The Kier molecular flexibility index (Phi) is 11.4. The molecule has 3 N–H and O–H groups in total. The molecule has 0 aromatic heterocycles. The lowest BCUT2D eigenvalue weighted by molar-refractivity contribution is -0.150. The Morgan fingerprint density at radius 1 is 0.778 bits per heavy atom. The van der Waals surface area contributed by atoms with Crippen LogP contribution in [0, 0.1) is 11.8 Å². The van der Waals surface area contributed by atoms with Crippen molar-refractivity contribution in [2.24, 2.45) is 11.8 Å². The molecule has 0 amide bonds. The maximum absolute atomic E-state index is 12.3. The van der Waals surface area contributed by atoms with Gasteiger partial charge in [-0.05, 0) is 32.6 Å². The Morgan fingerprint density at radius 2 is 1.14 bits per heavy atom. The number of hydrogen-bond acceptors (Lipinski definition) is 7. The number of aliphatic carboxylic acids is 1. The average Bonchev–Trinajstić information content (AvgIpc) is 2.73. The van der Waals surface area contributed by atoms with Crippen LogP contribution in [0.1, 0.15) is 58.3 Å². The van der Waals surface area contributed by atoms with Crippen LogP contribution in [0.15, 0.2) is 0 Å². The maximum Gasteiger partial charge on any atom is 0.511 e. The normalized spacial score (nSPS) is 25.9. The lowest BCUT2D eigenvalue weighted by Gasteiger charge is -2.30. The van der Waals surface area contributed by atoms with Gasteiger partial charge in [-0.15, -0.1) is 0 Å². The molecule has 0 radical (unpaired) electrons. The molecule has 36 heavy (non-hydrogen) atoms. The topological polar surface area (TPSA) is 156 Å². The Bertz CT molecular complexity index is 969. The summed E-state index contributed by atoms with van der Waals surface area (Å²) in [5.74, 6) is -3.89. The molecule has 212 valence electrons. The Hall–Kier alpha value is -1.66. The zero-order valence-electron chi connectivity index (χ0n) is 19.1. The molecule has 10 nitrogen and oxygen atoms in total. The summed E-state index contributed by atoms with van der Waals surface area (Å²) >= 11 is 0. The first-order chi connectivity index (χ1) is 16.3. The zero-order chi connectivity index (χ0) is 27.9. The van der Waals surface area contributed by atoms with Crippen LogP contribution in [0.5, 0.6) is 0 Å². The highest BCUT2D eigenvalue weighted by molar-refractivity contribution is 7.90. The average molecular weight is 579 g/mol. The summed E-state index contributed by atoms with van der Waals surface area (Å²) < 4.78 is 125. The SMILES string of the molecule is CCOC(=O)[C@H]1CCCC[C@@H]1NS(=O)(=O)C(F)(F)F.O=C(O)[C@H]1CCCC[C@@H]1NS(=O)(=O)C(F)(F)F. The van der Waals surface area contributed by atoms with Gasteiger partial charge in [0.2, 0.25) is 0 Å². The molecule has 0 spiro atoms. The van der Waals surface area contributed by atoms with Gasteiger partial charge in [-0.25, -0.2) is 26.3 Å². The summed E-state index contributed by atoms with van der Waals surface area (Å²) in [5.41, 5.74) is -10.8. The van der Waals surface area contributed by atoms with E-state index in [0.29, 0.717) is 32.1 Å². The van der Waals surface area contributed by atoms with Crippen LogP contribution in [0.2, 0.25) is 0 Å². The van der Waals surface area contributed by atoms with Gasteiger partial charge in [0.15, 0.2) is 0 Å². The van der Waals surface area contributed by atoms with Crippen LogP contribution in [-0.2, 0) is 34.4 Å². The first-order valence-corrected chi connectivity index (χ1v) is 13.9. The molecule has 2 rings (SSSR count). The van der Waals surface area contributed by atoms with E-state index in [4.69, 9.17) is 9.84 Å². The lowest BCUT2D eigenvalue weighted by atomic mass is 9.85. The van der Waals surface area contributed by atoms with Crippen LogP contribution in [-0.4, -0.2) is 63.6 Å². The molecule has 0 heterocycles. The van der Waals surface area contributed by atoms with E-state index in [1.54, 1.807) is 11.6 Å². The molecule has 0 aromatic rings. The predicted octanol–water partition coefficient (Wildman–Crippen LogP) is 2.62. The van der Waals surface area contributed by atoms with Crippen molar-refractivity contribution in [2.75, 3.05) is 6.61 Å². The van der Waals surface area contributed by atoms with E-state index in [9.17, 15) is 52.8 Å². The zero-order valence-corrected chi connectivity index (χ0v) is 20.7. The molecule has 0 saturated heterocycles. The van der Waals surface area contributed by atoms with Gasteiger partial charge in [-0.3, -0.25) is 9.59 Å². The molecule has 0 bridgehead atoms. The second-order valence-corrected chi connectivity index (χ2v) is 11.6. The van der Waals surface area contributed by atoms with Crippen molar-refractivity contribution in [1.82, 2.24) is 9.44 Å². The van der Waals surface area contributed by atoms with Crippen LogP contribution in [0.3, 0.4) is 0 Å². The van der Waals surface area contributed by atoms with Crippen LogP contribution in [0.25, 0.3) is 0 Å². The van der Waals surface area contributed by atoms with Crippen molar-refractivity contribution >= 4 is 32.0 Å². The van der Waals surface area contributed by atoms with Gasteiger partial charge in [0.1, 0.15) is 0 Å². The molecule has 2 fully saturated rings. The molecular weight excluding hydrogens is 550 g/mol. The number of halogens is 6. The number of carbonyl (C=O) groups excluding carboxylic acids is 1. The highest BCUT2D eigenvalue weighted by Crippen LogP contribution is 2.30. The van der Waals surface area contributed by atoms with E-state index in [2.05, 4.69) is 0 Å². The molecule has 2 aliphatic rings. The highest BCUT2D eigenvalue weighted by Gasteiger charge is 2.49. The van der Waals surface area contributed by atoms with Crippen molar-refractivity contribution in [3.63, 3.8) is 0 Å². The molecule has 2 saturated carbocycles. The van der Waals surface area contributed by atoms with Crippen LogP contribution in [0.4, 0.5) is 26.3 Å². The number of ether oxygens (including phenoxy) is 1. The van der Waals surface area contributed by atoms with E-state index in [1.165, 1.54) is 4.72 Å². The fraction of sp³-hybridized carbons (Fsp3) is 0.889. The van der Waals surface area contributed by atoms with E-state index in [0.717, 1.165) is 0 Å². The summed E-state index contributed by atoms with van der Waals surface area (Å²) in [6.07, 6.45) is 3.11. The summed E-state index contributed by atoms with van der Waals surface area (Å²) in [6.45, 7) is 1.68. The van der Waals surface area contributed by atoms with Crippen molar-refractivity contribution in [3.05, 3.63) is 0 Å². The number of nitrogens with one attached hydrogen (secondary N) is 2. The van der Waals surface area contributed by atoms with E-state index >= 15 is 0 Å². The summed E-state index contributed by atoms with van der Waals surface area (Å²) in [5, 5.41) is 8.79. The van der Waals surface area contributed by atoms with Gasteiger partial charge in [0.25, 0.3) is 0 Å². The smallest absolute Gasteiger partial charge is 0.481 e. The maximum atomic E-state index is 12.3. The van der Waals surface area contributed by atoms with E-state index < -0.39 is 66.9 Å². The number of carboxylic acids is 1. The molecule has 2 aliphatic carbocycles. The van der Waals surface area contributed by atoms with Gasteiger partial charge >= 0.3 is 43.0 Å². The van der Waals surface area contributed by atoms with Crippen LogP contribution < -0.4 is 9.44 Å². The predicted molar refractivity (Wildman–Crippen MR) is 112 cm³/mol. The third-order valence-electron chi connectivity index (χ3n) is 5.66. The number of rotatable bonds is 7. The quantitative estimate of drug-likeness (QED) is 0.308. The fourth-order valence-corrected chi connectivity index (χ4v) is 5.53. The van der Waals surface area contributed by atoms with Gasteiger partial charge in [-0.1, -0.05) is 25.7 Å². The Balaban J connectivity index is 0.000000362. The number of esters is 1. The number of carboxylic acid groups (broad SMARTS) is 1. The van der Waals surface area contributed by atoms with Crippen molar-refractivity contribution in [2.45, 2.75) is 81.4 Å². The van der Waals surface area contributed by atoms with Crippen molar-refractivity contribution < 1.29 is 62.6 Å². The van der Waals surface area contributed by atoms with Gasteiger partial charge in [0, 0.05) is 12.1 Å². The first-order valence-electron chi connectivity index (χ1n) is 10.9. The first kappa shape index (κ1) is 32.4. The minimum atomic E-state index is -5.48. The minimum Gasteiger partial charge on any atom is -0.481 e. The monoisotopic (exact) mass is 578 g/mol. The standard InChI is InChI=1S/C10H16F3NO4S.C8H12F3NO4S/c1-2-18-9(15)7-5-3-4-6-8(7)14-19(16,17)10(11,12)13;9-8(10,11)17(15,16)12-6-4-2-1-3-5(6)7(13)14/h7-8,14H,2-6H2,1H3;5-6,12H,1-4H2,(H,13,14)/t7-,8-;5-,6-/m00/s1. The van der Waals surface area contributed by atoms with Crippen molar-refractivity contribution in [1.29, 1.82) is 0 Å². The largest absolute Gasteiger partial charge is 0.511 e. The molecule has 0 aromatic carbocycles. The molecule has 18 heteroatoms. The summed E-state index contributed by atoms with van der Waals surface area (Å²) in [7, 11) is -10.9. The third kappa shape index (κ3) is 9.02. The van der Waals surface area contributed by atoms with Gasteiger partial charge in [-0.2, -0.15) is 26.3 Å². The number of alkyl halides is 6. The van der Waals surface area contributed by atoms with Gasteiger partial charge in [0.05, 0.1) is 18.4 Å². The number of hydrogen-bond donors (Lipinski definition) is 3. The highest BCUT2D eigenvalue weighted by atomic mass is 32.2. The summed E-state index contributed by atoms with van der Waals surface area (Å²) in [4.78, 5) is 22.4. The molecular formula is C18H28F6N2O8S2. The number of carbonyl (C=O) groups is 2. The second-order valence-electron chi connectivity index (χ2n) is 8.22. The number of sulfonamides is 2. The molecule has 0 aliphatic heterocycles. The second kappa shape index (κ2) is 12.7. The fourth-order valence-electron chi connectivity index (χ4n) is 3.90. The van der Waals surface area contributed by atoms with Crippen molar-refractivity contribution in [3.8, 4) is 0 Å². The van der Waals surface area contributed by atoms with E-state index in [1.807, 2.05) is 0 Å². The van der Waals surface area contributed by atoms with Gasteiger partial charge < -0.3 is 9.84 Å². The van der Waals surface area contributed by atoms with Crippen LogP contribution >= 0.6 is 0 Å². The Labute approximate surface area is 204 Å². The lowest BCUT2D eigenvalue weighted by Crippen LogP contribution is -2.49.